The summed E-state index contributed by atoms with van der Waals surface area (Å²) < 4.78 is 16.2. The summed E-state index contributed by atoms with van der Waals surface area (Å²) in [5.74, 6) is 1.46. The molecule has 4 rings (SSSR count). The zero-order valence-electron chi connectivity index (χ0n) is 17.6. The van der Waals surface area contributed by atoms with Crippen molar-refractivity contribution in [3.05, 3.63) is 47.7 Å². The Bertz CT molecular complexity index is 1250. The third kappa shape index (κ3) is 4.36. The van der Waals surface area contributed by atoms with Gasteiger partial charge in [-0.15, -0.1) is 10.2 Å². The fourth-order valence-corrected chi connectivity index (χ4v) is 3.77. The molecule has 0 radical (unpaired) electrons. The quantitative estimate of drug-likeness (QED) is 0.407. The van der Waals surface area contributed by atoms with E-state index in [9.17, 15) is 4.79 Å². The molecule has 0 atom stereocenters. The molecule has 0 fully saturated rings. The summed E-state index contributed by atoms with van der Waals surface area (Å²) in [4.78, 5) is 15.7. The molecule has 0 aliphatic heterocycles. The van der Waals surface area contributed by atoms with Crippen LogP contribution in [0.4, 0.5) is 5.69 Å². The zero-order valence-corrected chi connectivity index (χ0v) is 18.4. The van der Waals surface area contributed by atoms with Gasteiger partial charge in [-0.1, -0.05) is 11.8 Å². The van der Waals surface area contributed by atoms with Gasteiger partial charge in [-0.3, -0.25) is 4.79 Å². The number of amides is 1. The SMILES string of the molecule is COc1ccc(OC)c(NC(=O)CSc2nnc(-c3ccc4[nH]c(C)c(C)c4c3)o2)c1. The highest BCUT2D eigenvalue weighted by molar-refractivity contribution is 7.99. The monoisotopic (exact) mass is 438 g/mol. The molecular weight excluding hydrogens is 416 g/mol. The predicted molar refractivity (Wildman–Crippen MR) is 120 cm³/mol. The number of benzene rings is 2. The number of fused-ring (bicyclic) bond motifs is 1. The van der Waals surface area contributed by atoms with E-state index in [2.05, 4.69) is 27.4 Å². The first kappa shape index (κ1) is 20.8. The van der Waals surface area contributed by atoms with Crippen LogP contribution in [-0.4, -0.2) is 41.1 Å². The van der Waals surface area contributed by atoms with Gasteiger partial charge in [-0.2, -0.15) is 0 Å². The first-order valence-corrected chi connectivity index (χ1v) is 10.5. The van der Waals surface area contributed by atoms with Gasteiger partial charge in [-0.05, 0) is 49.7 Å². The number of methoxy groups -OCH3 is 2. The van der Waals surface area contributed by atoms with Crippen molar-refractivity contribution in [3.63, 3.8) is 0 Å². The van der Waals surface area contributed by atoms with Gasteiger partial charge in [0.05, 0.1) is 25.7 Å². The Morgan fingerprint density at radius 1 is 1.13 bits per heavy atom. The van der Waals surface area contributed by atoms with Crippen molar-refractivity contribution in [2.45, 2.75) is 19.1 Å². The van der Waals surface area contributed by atoms with Crippen LogP contribution in [0.2, 0.25) is 0 Å². The molecular formula is C22H22N4O4S. The molecule has 160 valence electrons. The number of anilines is 1. The Kier molecular flexibility index (Phi) is 5.85. The Morgan fingerprint density at radius 3 is 2.74 bits per heavy atom. The second-order valence-electron chi connectivity index (χ2n) is 6.91. The topological polar surface area (TPSA) is 102 Å². The number of rotatable bonds is 7. The number of nitrogens with one attached hydrogen (secondary N) is 2. The molecule has 0 spiro atoms. The number of aromatic amines is 1. The van der Waals surface area contributed by atoms with E-state index in [-0.39, 0.29) is 11.7 Å². The third-order valence-electron chi connectivity index (χ3n) is 4.97. The van der Waals surface area contributed by atoms with Gasteiger partial charge in [0.25, 0.3) is 5.22 Å². The largest absolute Gasteiger partial charge is 0.497 e. The lowest BCUT2D eigenvalue weighted by Crippen LogP contribution is -2.14. The molecule has 0 saturated heterocycles. The number of nitrogens with zero attached hydrogens (tertiary/aromatic N) is 2. The fourth-order valence-electron chi connectivity index (χ4n) is 3.20. The van der Waals surface area contributed by atoms with Crippen LogP contribution in [-0.2, 0) is 4.79 Å². The first-order valence-electron chi connectivity index (χ1n) is 9.56. The van der Waals surface area contributed by atoms with Crippen molar-refractivity contribution >= 4 is 34.3 Å². The van der Waals surface area contributed by atoms with E-state index < -0.39 is 0 Å². The van der Waals surface area contributed by atoms with Gasteiger partial charge >= 0.3 is 0 Å². The number of carbonyl (C=O) groups excluding carboxylic acids is 1. The summed E-state index contributed by atoms with van der Waals surface area (Å²) >= 11 is 1.17. The number of thioether (sulfide) groups is 1. The maximum Gasteiger partial charge on any atom is 0.277 e. The molecule has 9 heteroatoms. The van der Waals surface area contributed by atoms with Crippen LogP contribution in [0.3, 0.4) is 0 Å². The van der Waals surface area contributed by atoms with E-state index in [4.69, 9.17) is 13.9 Å². The van der Waals surface area contributed by atoms with E-state index in [0.717, 1.165) is 22.2 Å². The highest BCUT2D eigenvalue weighted by Gasteiger charge is 2.14. The van der Waals surface area contributed by atoms with E-state index >= 15 is 0 Å². The lowest BCUT2D eigenvalue weighted by Gasteiger charge is -2.11. The first-order chi connectivity index (χ1) is 15.0. The van der Waals surface area contributed by atoms with Crippen molar-refractivity contribution in [1.29, 1.82) is 0 Å². The molecule has 1 amide bonds. The number of ether oxygens (including phenoxy) is 2. The van der Waals surface area contributed by atoms with Crippen LogP contribution in [0, 0.1) is 13.8 Å². The standard InChI is InChI=1S/C22H22N4O4S/c1-12-13(2)23-17-7-5-14(9-16(12)17)21-25-26-22(30-21)31-11-20(27)24-18-10-15(28-3)6-8-19(18)29-4/h5-10,23H,11H2,1-4H3,(H,24,27). The number of hydrogen-bond donors (Lipinski definition) is 2. The molecule has 2 heterocycles. The average Bonchev–Trinajstić information content (AvgIpc) is 3.36. The third-order valence-corrected chi connectivity index (χ3v) is 5.79. The number of hydrogen-bond acceptors (Lipinski definition) is 7. The normalized spacial score (nSPS) is 11.0. The number of H-pyrrole nitrogens is 1. The number of aromatic nitrogens is 3. The Hall–Kier alpha value is -3.46. The fraction of sp³-hybridized carbons (Fsp3) is 0.227. The van der Waals surface area contributed by atoms with Crippen molar-refractivity contribution < 1.29 is 18.7 Å². The predicted octanol–water partition coefficient (Wildman–Crippen LogP) is 4.58. The summed E-state index contributed by atoms with van der Waals surface area (Å²) in [6.07, 6.45) is 0. The molecule has 0 aliphatic carbocycles. The Morgan fingerprint density at radius 2 is 1.97 bits per heavy atom. The molecule has 0 unspecified atom stereocenters. The summed E-state index contributed by atoms with van der Waals surface area (Å²) in [5.41, 5.74) is 4.75. The van der Waals surface area contributed by atoms with Crippen LogP contribution in [0.25, 0.3) is 22.4 Å². The van der Waals surface area contributed by atoms with Crippen LogP contribution >= 0.6 is 11.8 Å². The maximum absolute atomic E-state index is 12.4. The van der Waals surface area contributed by atoms with Gasteiger partial charge in [-0.25, -0.2) is 0 Å². The smallest absolute Gasteiger partial charge is 0.277 e. The highest BCUT2D eigenvalue weighted by atomic mass is 32.2. The number of aryl methyl sites for hydroxylation is 2. The van der Waals surface area contributed by atoms with Gasteiger partial charge in [0.15, 0.2) is 0 Å². The zero-order chi connectivity index (χ0) is 22.0. The summed E-state index contributed by atoms with van der Waals surface area (Å²) in [5, 5.41) is 12.4. The van der Waals surface area contributed by atoms with Gasteiger partial charge in [0, 0.05) is 28.2 Å². The minimum atomic E-state index is -0.226. The van der Waals surface area contributed by atoms with Crippen LogP contribution < -0.4 is 14.8 Å². The van der Waals surface area contributed by atoms with Crippen molar-refractivity contribution in [3.8, 4) is 23.0 Å². The summed E-state index contributed by atoms with van der Waals surface area (Å²) in [7, 11) is 3.10. The Balaban J connectivity index is 1.43. The van der Waals surface area contributed by atoms with E-state index in [1.54, 1.807) is 32.4 Å². The van der Waals surface area contributed by atoms with Crippen LogP contribution in [0.15, 0.2) is 46.0 Å². The minimum absolute atomic E-state index is 0.108. The molecule has 31 heavy (non-hydrogen) atoms. The molecule has 4 aromatic rings. The second kappa shape index (κ2) is 8.73. The van der Waals surface area contributed by atoms with E-state index in [1.165, 1.54) is 17.3 Å². The molecule has 2 aromatic heterocycles. The van der Waals surface area contributed by atoms with Gasteiger partial charge in [0.2, 0.25) is 11.8 Å². The van der Waals surface area contributed by atoms with E-state index in [1.807, 2.05) is 25.1 Å². The second-order valence-corrected chi connectivity index (χ2v) is 7.84. The van der Waals surface area contributed by atoms with Gasteiger partial charge < -0.3 is 24.2 Å². The van der Waals surface area contributed by atoms with Crippen LogP contribution in [0.1, 0.15) is 11.3 Å². The van der Waals surface area contributed by atoms with Gasteiger partial charge in [0.1, 0.15) is 11.5 Å². The Labute approximate surface area is 183 Å². The lowest BCUT2D eigenvalue weighted by molar-refractivity contribution is -0.113. The molecule has 0 saturated carbocycles. The molecule has 2 N–H and O–H groups in total. The molecule has 8 nitrogen and oxygen atoms in total. The average molecular weight is 439 g/mol. The van der Waals surface area contributed by atoms with Crippen molar-refractivity contribution in [2.24, 2.45) is 0 Å². The summed E-state index contributed by atoms with van der Waals surface area (Å²) in [6, 6.07) is 11.1. The molecule has 0 aliphatic rings. The van der Waals surface area contributed by atoms with E-state index in [0.29, 0.717) is 28.3 Å². The van der Waals surface area contributed by atoms with Crippen LogP contribution in [0.5, 0.6) is 11.5 Å². The lowest BCUT2D eigenvalue weighted by atomic mass is 10.1. The minimum Gasteiger partial charge on any atom is -0.497 e. The molecule has 0 bridgehead atoms. The summed E-state index contributed by atoms with van der Waals surface area (Å²) in [6.45, 7) is 4.12. The van der Waals surface area contributed by atoms with Crippen molar-refractivity contribution in [1.82, 2.24) is 15.2 Å². The maximum atomic E-state index is 12.4. The molecule has 2 aromatic carbocycles. The number of carbonyl (C=O) groups is 1. The highest BCUT2D eigenvalue weighted by Crippen LogP contribution is 2.30. The van der Waals surface area contributed by atoms with Crippen molar-refractivity contribution in [2.75, 3.05) is 25.3 Å².